The van der Waals surface area contributed by atoms with E-state index in [0.717, 1.165) is 40.3 Å². The zero-order chi connectivity index (χ0) is 20.9. The highest BCUT2D eigenvalue weighted by Gasteiger charge is 2.12. The first-order valence-electron chi connectivity index (χ1n) is 9.83. The van der Waals surface area contributed by atoms with Gasteiger partial charge in [0.25, 0.3) is 5.91 Å². The molecule has 0 unspecified atom stereocenters. The number of carbonyl (C=O) groups excluding carboxylic acids is 1. The molecule has 0 saturated carbocycles. The fourth-order valence-corrected chi connectivity index (χ4v) is 3.76. The van der Waals surface area contributed by atoms with Crippen molar-refractivity contribution in [3.8, 4) is 0 Å². The zero-order valence-electron chi connectivity index (χ0n) is 16.3. The van der Waals surface area contributed by atoms with E-state index in [1.165, 1.54) is 0 Å². The molecule has 1 N–H and O–H groups in total. The SMILES string of the molecule is O=C(NCCCc1nc2ccccc2n1Cc1ccccc1Cl)c1ccc(Cl)cc1. The molecule has 0 aliphatic heterocycles. The number of nitrogens with one attached hydrogen (secondary N) is 1. The van der Waals surface area contributed by atoms with Gasteiger partial charge in [0.2, 0.25) is 0 Å². The molecule has 0 aliphatic carbocycles. The number of hydrogen-bond donors (Lipinski definition) is 1. The number of aromatic nitrogens is 2. The lowest BCUT2D eigenvalue weighted by molar-refractivity contribution is 0.0953. The van der Waals surface area contributed by atoms with Crippen molar-refractivity contribution in [2.45, 2.75) is 19.4 Å². The summed E-state index contributed by atoms with van der Waals surface area (Å²) in [5, 5.41) is 4.32. The number of rotatable bonds is 7. The lowest BCUT2D eigenvalue weighted by Crippen LogP contribution is -2.25. The number of carbonyl (C=O) groups is 1. The van der Waals surface area contributed by atoms with E-state index in [2.05, 4.69) is 16.0 Å². The minimum absolute atomic E-state index is 0.101. The molecule has 0 bridgehead atoms. The number of benzene rings is 3. The Hall–Kier alpha value is -2.82. The third-order valence-corrected chi connectivity index (χ3v) is 5.61. The van der Waals surface area contributed by atoms with Crippen molar-refractivity contribution in [2.24, 2.45) is 0 Å². The van der Waals surface area contributed by atoms with Gasteiger partial charge < -0.3 is 9.88 Å². The summed E-state index contributed by atoms with van der Waals surface area (Å²) in [7, 11) is 0. The number of aryl methyl sites for hydroxylation is 1. The summed E-state index contributed by atoms with van der Waals surface area (Å²) < 4.78 is 2.21. The molecule has 0 aliphatic rings. The van der Waals surface area contributed by atoms with E-state index in [-0.39, 0.29) is 5.91 Å². The first-order valence-corrected chi connectivity index (χ1v) is 10.6. The third-order valence-electron chi connectivity index (χ3n) is 4.99. The van der Waals surface area contributed by atoms with Gasteiger partial charge in [-0.15, -0.1) is 0 Å². The van der Waals surface area contributed by atoms with Crippen LogP contribution in [0.15, 0.2) is 72.8 Å². The number of nitrogens with zero attached hydrogens (tertiary/aromatic N) is 2. The quantitative estimate of drug-likeness (QED) is 0.373. The van der Waals surface area contributed by atoms with Crippen LogP contribution in [0.5, 0.6) is 0 Å². The fraction of sp³-hybridized carbons (Fsp3) is 0.167. The average molecular weight is 438 g/mol. The van der Waals surface area contributed by atoms with E-state index in [4.69, 9.17) is 28.2 Å². The molecule has 6 heteroatoms. The summed E-state index contributed by atoms with van der Waals surface area (Å²) in [4.78, 5) is 17.1. The molecule has 4 nitrogen and oxygen atoms in total. The summed E-state index contributed by atoms with van der Waals surface area (Å²) >= 11 is 12.3. The predicted molar refractivity (Wildman–Crippen MR) is 122 cm³/mol. The molecule has 152 valence electrons. The third kappa shape index (κ3) is 4.66. The Kier molecular flexibility index (Phi) is 6.36. The molecule has 0 radical (unpaired) electrons. The molecule has 0 atom stereocenters. The van der Waals surface area contributed by atoms with E-state index in [1.54, 1.807) is 24.3 Å². The van der Waals surface area contributed by atoms with Crippen molar-refractivity contribution in [3.63, 3.8) is 0 Å². The highest BCUT2D eigenvalue weighted by Crippen LogP contribution is 2.22. The standard InChI is InChI=1S/C24H21Cl2N3O/c25-19-13-11-17(12-14-19)24(30)27-15-5-10-23-28-21-8-3-4-9-22(21)29(23)16-18-6-1-2-7-20(18)26/h1-4,6-9,11-14H,5,10,15-16H2,(H,27,30). The largest absolute Gasteiger partial charge is 0.352 e. The van der Waals surface area contributed by atoms with Gasteiger partial charge in [-0.25, -0.2) is 4.98 Å². The summed E-state index contributed by atoms with van der Waals surface area (Å²) in [6, 6.07) is 22.8. The van der Waals surface area contributed by atoms with Gasteiger partial charge in [-0.05, 0) is 54.4 Å². The predicted octanol–water partition coefficient (Wildman–Crippen LogP) is 5.75. The van der Waals surface area contributed by atoms with Crippen molar-refractivity contribution in [1.82, 2.24) is 14.9 Å². The van der Waals surface area contributed by atoms with Crippen LogP contribution in [0.2, 0.25) is 10.0 Å². The molecule has 30 heavy (non-hydrogen) atoms. The van der Waals surface area contributed by atoms with E-state index < -0.39 is 0 Å². The fourth-order valence-electron chi connectivity index (χ4n) is 3.44. The molecular weight excluding hydrogens is 417 g/mol. The lowest BCUT2D eigenvalue weighted by atomic mass is 10.2. The minimum Gasteiger partial charge on any atom is -0.352 e. The highest BCUT2D eigenvalue weighted by atomic mass is 35.5. The van der Waals surface area contributed by atoms with E-state index in [1.807, 2.05) is 42.5 Å². The van der Waals surface area contributed by atoms with Crippen molar-refractivity contribution in [2.75, 3.05) is 6.54 Å². The van der Waals surface area contributed by atoms with Crippen LogP contribution >= 0.6 is 23.2 Å². The number of amides is 1. The molecule has 0 spiro atoms. The van der Waals surface area contributed by atoms with Gasteiger partial charge in [-0.3, -0.25) is 4.79 Å². The van der Waals surface area contributed by atoms with Crippen LogP contribution in [-0.4, -0.2) is 22.0 Å². The monoisotopic (exact) mass is 437 g/mol. The molecule has 1 aromatic heterocycles. The van der Waals surface area contributed by atoms with Crippen molar-refractivity contribution < 1.29 is 4.79 Å². The van der Waals surface area contributed by atoms with Crippen molar-refractivity contribution in [3.05, 3.63) is 99.8 Å². The summed E-state index contributed by atoms with van der Waals surface area (Å²) in [6.07, 6.45) is 1.53. The number of halogens is 2. The van der Waals surface area contributed by atoms with Crippen LogP contribution < -0.4 is 5.32 Å². The lowest BCUT2D eigenvalue weighted by Gasteiger charge is -2.11. The summed E-state index contributed by atoms with van der Waals surface area (Å²) in [5.74, 6) is 0.882. The van der Waals surface area contributed by atoms with Crippen LogP contribution in [0.1, 0.15) is 28.2 Å². The summed E-state index contributed by atoms with van der Waals surface area (Å²) in [5.41, 5.74) is 3.70. The van der Waals surface area contributed by atoms with E-state index >= 15 is 0 Å². The maximum Gasteiger partial charge on any atom is 0.251 e. The highest BCUT2D eigenvalue weighted by molar-refractivity contribution is 6.31. The Labute approximate surface area is 185 Å². The van der Waals surface area contributed by atoms with Gasteiger partial charge in [0.15, 0.2) is 0 Å². The Morgan fingerprint density at radius 2 is 1.67 bits per heavy atom. The second-order valence-electron chi connectivity index (χ2n) is 7.06. The number of fused-ring (bicyclic) bond motifs is 1. The molecule has 1 heterocycles. The van der Waals surface area contributed by atoms with E-state index in [0.29, 0.717) is 23.7 Å². The van der Waals surface area contributed by atoms with Crippen LogP contribution in [0, 0.1) is 0 Å². The minimum atomic E-state index is -0.101. The van der Waals surface area contributed by atoms with E-state index in [9.17, 15) is 4.79 Å². The molecular formula is C24H21Cl2N3O. The molecule has 4 aromatic rings. The second-order valence-corrected chi connectivity index (χ2v) is 7.90. The number of para-hydroxylation sites is 2. The molecule has 4 rings (SSSR count). The maximum atomic E-state index is 12.3. The van der Waals surface area contributed by atoms with Crippen LogP contribution in [0.4, 0.5) is 0 Å². The van der Waals surface area contributed by atoms with Crippen LogP contribution in [0.3, 0.4) is 0 Å². The van der Waals surface area contributed by atoms with Crippen LogP contribution in [0.25, 0.3) is 11.0 Å². The van der Waals surface area contributed by atoms with Gasteiger partial charge in [-0.2, -0.15) is 0 Å². The average Bonchev–Trinajstić information content (AvgIpc) is 3.10. The van der Waals surface area contributed by atoms with Crippen molar-refractivity contribution >= 4 is 40.1 Å². The molecule has 0 fully saturated rings. The smallest absolute Gasteiger partial charge is 0.251 e. The first-order chi connectivity index (χ1) is 14.6. The maximum absolute atomic E-state index is 12.3. The van der Waals surface area contributed by atoms with Gasteiger partial charge in [0.05, 0.1) is 17.6 Å². The van der Waals surface area contributed by atoms with Gasteiger partial charge >= 0.3 is 0 Å². The van der Waals surface area contributed by atoms with Crippen LogP contribution in [-0.2, 0) is 13.0 Å². The number of hydrogen-bond acceptors (Lipinski definition) is 2. The Bertz CT molecular complexity index is 1170. The Morgan fingerprint density at radius 1 is 0.933 bits per heavy atom. The second kappa shape index (κ2) is 9.33. The zero-order valence-corrected chi connectivity index (χ0v) is 17.8. The Morgan fingerprint density at radius 3 is 2.47 bits per heavy atom. The van der Waals surface area contributed by atoms with Crippen molar-refractivity contribution in [1.29, 1.82) is 0 Å². The normalized spacial score (nSPS) is 11.0. The first kappa shape index (κ1) is 20.5. The summed E-state index contributed by atoms with van der Waals surface area (Å²) in [6.45, 7) is 1.23. The Balaban J connectivity index is 1.45. The number of imidazole rings is 1. The van der Waals surface area contributed by atoms with Gasteiger partial charge in [0, 0.05) is 28.6 Å². The topological polar surface area (TPSA) is 46.9 Å². The molecule has 3 aromatic carbocycles. The van der Waals surface area contributed by atoms with Gasteiger partial charge in [0.1, 0.15) is 5.82 Å². The molecule has 1 amide bonds. The molecule has 0 saturated heterocycles. The van der Waals surface area contributed by atoms with Gasteiger partial charge in [-0.1, -0.05) is 53.5 Å².